The van der Waals surface area contributed by atoms with Crippen LogP contribution in [0, 0.1) is 5.92 Å². The van der Waals surface area contributed by atoms with Gasteiger partial charge in [0, 0.05) is 19.3 Å². The predicted octanol–water partition coefficient (Wildman–Crippen LogP) is 3.20. The van der Waals surface area contributed by atoms with Crippen molar-refractivity contribution in [3.05, 3.63) is 47.7 Å². The average Bonchev–Trinajstić information content (AvgIpc) is 3.16. The summed E-state index contributed by atoms with van der Waals surface area (Å²) in [5.74, 6) is 2.27. The second kappa shape index (κ2) is 8.75. The molecular weight excluding hydrogens is 344 g/mol. The van der Waals surface area contributed by atoms with Crippen LogP contribution in [-0.2, 0) is 6.42 Å². The Morgan fingerprint density at radius 2 is 2.04 bits per heavy atom. The molecule has 0 radical (unpaired) electrons. The van der Waals surface area contributed by atoms with Gasteiger partial charge in [0.05, 0.1) is 20.8 Å². The average molecular weight is 370 g/mol. The minimum absolute atomic E-state index is 0.0126. The molecule has 27 heavy (non-hydrogen) atoms. The summed E-state index contributed by atoms with van der Waals surface area (Å²) in [6.07, 6.45) is 3.52. The molecule has 2 heterocycles. The van der Waals surface area contributed by atoms with Gasteiger partial charge in [-0.1, -0.05) is 6.07 Å². The molecule has 1 aromatic heterocycles. The number of aromatic nitrogens is 1. The number of rotatable bonds is 7. The lowest BCUT2D eigenvalue weighted by Crippen LogP contribution is -2.29. The molecule has 1 atom stereocenters. The Balaban J connectivity index is 1.66. The van der Waals surface area contributed by atoms with Crippen LogP contribution in [0.1, 0.15) is 29.3 Å². The molecule has 0 spiro atoms. The van der Waals surface area contributed by atoms with Crippen LogP contribution < -0.4 is 14.2 Å². The Labute approximate surface area is 160 Å². The molecule has 1 aliphatic rings. The van der Waals surface area contributed by atoms with E-state index in [1.165, 1.54) is 5.56 Å². The zero-order valence-corrected chi connectivity index (χ0v) is 16.1. The first-order valence-electron chi connectivity index (χ1n) is 9.24. The lowest BCUT2D eigenvalue weighted by atomic mass is 9.98. The van der Waals surface area contributed by atoms with Crippen LogP contribution in [0.2, 0.25) is 0 Å². The minimum Gasteiger partial charge on any atom is -0.493 e. The van der Waals surface area contributed by atoms with E-state index in [0.29, 0.717) is 24.0 Å². The Hall–Kier alpha value is -2.76. The van der Waals surface area contributed by atoms with Gasteiger partial charge in [0.15, 0.2) is 11.5 Å². The van der Waals surface area contributed by atoms with Crippen LogP contribution in [0.3, 0.4) is 0 Å². The summed E-state index contributed by atoms with van der Waals surface area (Å²) in [6, 6.07) is 9.54. The lowest BCUT2D eigenvalue weighted by Gasteiger charge is -2.18. The summed E-state index contributed by atoms with van der Waals surface area (Å²) in [5.41, 5.74) is 1.72. The SMILES string of the molecule is CCOc1ncccc1C(=O)N1CCC(Cc2ccc(OC)c(OC)c2)C1. The van der Waals surface area contributed by atoms with Crippen LogP contribution in [0.15, 0.2) is 36.5 Å². The molecule has 1 amide bonds. The maximum atomic E-state index is 12.9. The third-order valence-electron chi connectivity index (χ3n) is 4.83. The molecule has 144 valence electrons. The number of nitrogens with zero attached hydrogens (tertiary/aromatic N) is 2. The number of likely N-dealkylation sites (tertiary alicyclic amines) is 1. The molecule has 6 nitrogen and oxygen atoms in total. The maximum Gasteiger partial charge on any atom is 0.259 e. The quantitative estimate of drug-likeness (QED) is 0.749. The first-order valence-corrected chi connectivity index (χ1v) is 9.24. The highest BCUT2D eigenvalue weighted by Gasteiger charge is 2.29. The van der Waals surface area contributed by atoms with Gasteiger partial charge in [0.2, 0.25) is 5.88 Å². The minimum atomic E-state index is -0.0126. The van der Waals surface area contributed by atoms with Crippen LogP contribution in [-0.4, -0.2) is 49.7 Å². The van der Waals surface area contributed by atoms with E-state index in [-0.39, 0.29) is 5.91 Å². The topological polar surface area (TPSA) is 60.9 Å². The van der Waals surface area contributed by atoms with Crippen molar-refractivity contribution >= 4 is 5.91 Å². The van der Waals surface area contributed by atoms with Gasteiger partial charge in [-0.05, 0) is 55.5 Å². The van der Waals surface area contributed by atoms with Crippen molar-refractivity contribution < 1.29 is 19.0 Å². The summed E-state index contributed by atoms with van der Waals surface area (Å²) < 4.78 is 16.2. The van der Waals surface area contributed by atoms with Crippen molar-refractivity contribution in [1.82, 2.24) is 9.88 Å². The van der Waals surface area contributed by atoms with Crippen molar-refractivity contribution in [2.45, 2.75) is 19.8 Å². The second-order valence-electron chi connectivity index (χ2n) is 6.59. The number of hydrogen-bond donors (Lipinski definition) is 0. The van der Waals surface area contributed by atoms with Crippen molar-refractivity contribution in [3.63, 3.8) is 0 Å². The molecule has 1 aliphatic heterocycles. The molecule has 6 heteroatoms. The predicted molar refractivity (Wildman–Crippen MR) is 103 cm³/mol. The standard InChI is InChI=1S/C21H26N2O4/c1-4-27-20-17(6-5-10-22-20)21(24)23-11-9-16(14-23)12-15-7-8-18(25-2)19(13-15)26-3/h5-8,10,13,16H,4,9,11-12,14H2,1-3H3. The molecule has 0 bridgehead atoms. The Bertz CT molecular complexity index is 794. The van der Waals surface area contributed by atoms with E-state index in [1.807, 2.05) is 24.0 Å². The zero-order valence-electron chi connectivity index (χ0n) is 16.1. The van der Waals surface area contributed by atoms with Gasteiger partial charge < -0.3 is 19.1 Å². The molecule has 3 rings (SSSR count). The summed E-state index contributed by atoms with van der Waals surface area (Å²) in [6.45, 7) is 3.85. The van der Waals surface area contributed by atoms with Gasteiger partial charge in [-0.3, -0.25) is 4.79 Å². The van der Waals surface area contributed by atoms with Crippen LogP contribution in [0.5, 0.6) is 17.4 Å². The lowest BCUT2D eigenvalue weighted by molar-refractivity contribution is 0.0782. The van der Waals surface area contributed by atoms with Crippen molar-refractivity contribution in [1.29, 1.82) is 0 Å². The van der Waals surface area contributed by atoms with E-state index in [4.69, 9.17) is 14.2 Å². The summed E-state index contributed by atoms with van der Waals surface area (Å²) in [7, 11) is 3.27. The molecule has 0 aliphatic carbocycles. The Morgan fingerprint density at radius 1 is 1.22 bits per heavy atom. The molecule has 2 aromatic rings. The van der Waals surface area contributed by atoms with Gasteiger partial charge >= 0.3 is 0 Å². The largest absolute Gasteiger partial charge is 0.493 e. The number of methoxy groups -OCH3 is 2. The van der Waals surface area contributed by atoms with E-state index in [9.17, 15) is 4.79 Å². The first-order chi connectivity index (χ1) is 13.2. The number of carbonyl (C=O) groups is 1. The fraction of sp³-hybridized carbons (Fsp3) is 0.429. The zero-order chi connectivity index (χ0) is 19.2. The van der Waals surface area contributed by atoms with Gasteiger partial charge in [0.25, 0.3) is 5.91 Å². The fourth-order valence-corrected chi connectivity index (χ4v) is 3.50. The molecule has 0 saturated carbocycles. The number of hydrogen-bond acceptors (Lipinski definition) is 5. The van der Waals surface area contributed by atoms with Gasteiger partial charge in [0.1, 0.15) is 5.56 Å². The van der Waals surface area contributed by atoms with E-state index in [0.717, 1.165) is 37.4 Å². The van der Waals surface area contributed by atoms with E-state index in [1.54, 1.807) is 32.5 Å². The smallest absolute Gasteiger partial charge is 0.259 e. The first kappa shape index (κ1) is 19.0. The van der Waals surface area contributed by atoms with E-state index < -0.39 is 0 Å². The number of ether oxygens (including phenoxy) is 3. The van der Waals surface area contributed by atoms with E-state index >= 15 is 0 Å². The van der Waals surface area contributed by atoms with Crippen molar-refractivity contribution in [2.75, 3.05) is 33.9 Å². The normalized spacial score (nSPS) is 16.3. The highest BCUT2D eigenvalue weighted by molar-refractivity contribution is 5.96. The number of benzene rings is 1. The van der Waals surface area contributed by atoms with Gasteiger partial charge in [-0.15, -0.1) is 0 Å². The molecule has 1 aromatic carbocycles. The maximum absolute atomic E-state index is 12.9. The van der Waals surface area contributed by atoms with E-state index in [2.05, 4.69) is 11.1 Å². The number of carbonyl (C=O) groups excluding carboxylic acids is 1. The molecular formula is C21H26N2O4. The Kier molecular flexibility index (Phi) is 6.16. The molecule has 1 fully saturated rings. The third-order valence-corrected chi connectivity index (χ3v) is 4.83. The van der Waals surface area contributed by atoms with Crippen LogP contribution in [0.25, 0.3) is 0 Å². The third kappa shape index (κ3) is 4.32. The summed E-state index contributed by atoms with van der Waals surface area (Å²) in [4.78, 5) is 19.0. The summed E-state index contributed by atoms with van der Waals surface area (Å²) in [5, 5.41) is 0. The second-order valence-corrected chi connectivity index (χ2v) is 6.59. The van der Waals surface area contributed by atoms with Crippen molar-refractivity contribution in [3.8, 4) is 17.4 Å². The number of pyridine rings is 1. The van der Waals surface area contributed by atoms with Gasteiger partial charge in [-0.25, -0.2) is 4.98 Å². The molecule has 1 unspecified atom stereocenters. The molecule has 1 saturated heterocycles. The van der Waals surface area contributed by atoms with Gasteiger partial charge in [-0.2, -0.15) is 0 Å². The van der Waals surface area contributed by atoms with Crippen LogP contribution in [0.4, 0.5) is 0 Å². The summed E-state index contributed by atoms with van der Waals surface area (Å²) >= 11 is 0. The monoisotopic (exact) mass is 370 g/mol. The fourth-order valence-electron chi connectivity index (χ4n) is 3.50. The Morgan fingerprint density at radius 3 is 2.78 bits per heavy atom. The van der Waals surface area contributed by atoms with Crippen molar-refractivity contribution in [2.24, 2.45) is 5.92 Å². The highest BCUT2D eigenvalue weighted by atomic mass is 16.5. The van der Waals surface area contributed by atoms with Crippen LogP contribution >= 0.6 is 0 Å². The number of amides is 1. The molecule has 0 N–H and O–H groups in total. The highest BCUT2D eigenvalue weighted by Crippen LogP contribution is 2.30.